The molecule has 0 bridgehead atoms. The van der Waals surface area contributed by atoms with Crippen LogP contribution in [0.3, 0.4) is 0 Å². The molecular formula is C16H20F2N2O2. The number of nitrogens with zero attached hydrogens (tertiary/aromatic N) is 1. The molecule has 1 saturated heterocycles. The van der Waals surface area contributed by atoms with Crippen molar-refractivity contribution in [2.45, 2.75) is 45.2 Å². The van der Waals surface area contributed by atoms with Gasteiger partial charge in [0.2, 0.25) is 11.8 Å². The number of amides is 2. The van der Waals surface area contributed by atoms with Crippen molar-refractivity contribution >= 4 is 11.8 Å². The van der Waals surface area contributed by atoms with Gasteiger partial charge in [0, 0.05) is 25.1 Å². The molecule has 22 heavy (non-hydrogen) atoms. The van der Waals surface area contributed by atoms with Crippen LogP contribution in [0, 0.1) is 11.6 Å². The van der Waals surface area contributed by atoms with Crippen molar-refractivity contribution in [3.63, 3.8) is 0 Å². The van der Waals surface area contributed by atoms with Gasteiger partial charge in [0.15, 0.2) is 0 Å². The highest BCUT2D eigenvalue weighted by Crippen LogP contribution is 2.31. The molecule has 1 aliphatic heterocycles. The Kier molecular flexibility index (Phi) is 4.78. The molecule has 1 atom stereocenters. The summed E-state index contributed by atoms with van der Waals surface area (Å²) in [7, 11) is 0. The van der Waals surface area contributed by atoms with Gasteiger partial charge in [-0.1, -0.05) is 6.92 Å². The van der Waals surface area contributed by atoms with Gasteiger partial charge >= 0.3 is 0 Å². The third kappa shape index (κ3) is 3.10. The van der Waals surface area contributed by atoms with Crippen molar-refractivity contribution in [2.75, 3.05) is 6.54 Å². The fourth-order valence-corrected chi connectivity index (χ4v) is 2.59. The number of carbonyl (C=O) groups is 2. The maximum absolute atomic E-state index is 13.5. The van der Waals surface area contributed by atoms with Crippen LogP contribution in [0.2, 0.25) is 0 Å². The second-order valence-electron chi connectivity index (χ2n) is 5.74. The van der Waals surface area contributed by atoms with Crippen LogP contribution in [-0.2, 0) is 16.1 Å². The molecule has 1 heterocycles. The van der Waals surface area contributed by atoms with E-state index in [4.69, 9.17) is 0 Å². The number of hydrogen-bond acceptors (Lipinski definition) is 2. The Hall–Kier alpha value is -1.98. The maximum atomic E-state index is 13.5. The Labute approximate surface area is 128 Å². The Bertz CT molecular complexity index is 592. The fourth-order valence-electron chi connectivity index (χ4n) is 2.59. The van der Waals surface area contributed by atoms with Gasteiger partial charge in [0.05, 0.1) is 0 Å². The molecule has 1 N–H and O–H groups in total. The lowest BCUT2D eigenvalue weighted by Gasteiger charge is -2.49. The Balaban J connectivity index is 2.00. The van der Waals surface area contributed by atoms with Gasteiger partial charge in [-0.3, -0.25) is 9.59 Å². The van der Waals surface area contributed by atoms with Crippen molar-refractivity contribution < 1.29 is 18.4 Å². The minimum atomic E-state index is -0.893. The number of halogens is 2. The van der Waals surface area contributed by atoms with E-state index in [9.17, 15) is 18.4 Å². The number of hydrogen-bond donors (Lipinski definition) is 1. The van der Waals surface area contributed by atoms with E-state index in [1.165, 1.54) is 0 Å². The summed E-state index contributed by atoms with van der Waals surface area (Å²) >= 11 is 0. The van der Waals surface area contributed by atoms with E-state index >= 15 is 0 Å². The van der Waals surface area contributed by atoms with Crippen LogP contribution in [0.5, 0.6) is 0 Å². The zero-order valence-electron chi connectivity index (χ0n) is 12.8. The summed E-state index contributed by atoms with van der Waals surface area (Å²) in [6.07, 6.45) is 1.70. The lowest BCUT2D eigenvalue weighted by Crippen LogP contribution is -2.67. The maximum Gasteiger partial charge on any atom is 0.246 e. The van der Waals surface area contributed by atoms with Crippen LogP contribution in [0.25, 0.3) is 0 Å². The van der Waals surface area contributed by atoms with Gasteiger partial charge in [0.1, 0.15) is 17.2 Å². The molecule has 0 aromatic heterocycles. The Morgan fingerprint density at radius 1 is 1.36 bits per heavy atom. The van der Waals surface area contributed by atoms with E-state index in [0.717, 1.165) is 24.6 Å². The molecule has 4 nitrogen and oxygen atoms in total. The molecule has 1 aromatic rings. The van der Waals surface area contributed by atoms with Crippen molar-refractivity contribution in [3.8, 4) is 0 Å². The van der Waals surface area contributed by atoms with Gasteiger partial charge in [-0.2, -0.15) is 0 Å². The molecule has 2 rings (SSSR count). The van der Waals surface area contributed by atoms with E-state index < -0.39 is 17.2 Å². The minimum absolute atomic E-state index is 0.0525. The van der Waals surface area contributed by atoms with Gasteiger partial charge in [-0.25, -0.2) is 8.78 Å². The van der Waals surface area contributed by atoms with Crippen LogP contribution < -0.4 is 5.32 Å². The molecule has 1 fully saturated rings. The predicted octanol–water partition coefficient (Wildman–Crippen LogP) is 2.37. The molecule has 1 aromatic carbocycles. The van der Waals surface area contributed by atoms with Gasteiger partial charge in [-0.15, -0.1) is 0 Å². The zero-order chi connectivity index (χ0) is 16.3. The third-order valence-corrected chi connectivity index (χ3v) is 4.12. The Morgan fingerprint density at radius 3 is 2.68 bits per heavy atom. The third-order valence-electron chi connectivity index (χ3n) is 4.12. The molecular weight excluding hydrogens is 290 g/mol. The first-order valence-electron chi connectivity index (χ1n) is 7.41. The standard InChI is InChI=1S/C16H20F2N2O2/c1-3-4-14(21)20-8-7-16(20,2)15(22)19-10-11-9-12(17)5-6-13(11)18/h5-6,9H,3-4,7-8,10H2,1-2H3,(H,19,22). The van der Waals surface area contributed by atoms with E-state index in [1.807, 2.05) is 6.92 Å². The van der Waals surface area contributed by atoms with Crippen LogP contribution in [0.15, 0.2) is 18.2 Å². The predicted molar refractivity (Wildman–Crippen MR) is 77.8 cm³/mol. The van der Waals surface area contributed by atoms with Crippen LogP contribution >= 0.6 is 0 Å². The van der Waals surface area contributed by atoms with E-state index in [-0.39, 0.29) is 23.9 Å². The summed E-state index contributed by atoms with van der Waals surface area (Å²) in [5.41, 5.74) is -0.807. The van der Waals surface area contributed by atoms with Crippen LogP contribution in [0.1, 0.15) is 38.7 Å². The van der Waals surface area contributed by atoms with Crippen molar-refractivity contribution in [1.29, 1.82) is 0 Å². The molecule has 0 saturated carbocycles. The molecule has 1 aliphatic rings. The average Bonchev–Trinajstić information content (AvgIpc) is 2.46. The molecule has 0 aliphatic carbocycles. The van der Waals surface area contributed by atoms with Crippen molar-refractivity contribution in [2.24, 2.45) is 0 Å². The highest BCUT2D eigenvalue weighted by Gasteiger charge is 2.48. The number of carbonyl (C=O) groups excluding carboxylic acids is 2. The first-order chi connectivity index (χ1) is 10.4. The first kappa shape index (κ1) is 16.4. The molecule has 1 unspecified atom stereocenters. The van der Waals surface area contributed by atoms with E-state index in [1.54, 1.807) is 11.8 Å². The topological polar surface area (TPSA) is 49.4 Å². The van der Waals surface area contributed by atoms with Crippen molar-refractivity contribution in [3.05, 3.63) is 35.4 Å². The average molecular weight is 310 g/mol. The van der Waals surface area contributed by atoms with E-state index in [0.29, 0.717) is 19.4 Å². The molecule has 120 valence electrons. The molecule has 0 spiro atoms. The number of benzene rings is 1. The molecule has 6 heteroatoms. The zero-order valence-corrected chi connectivity index (χ0v) is 12.8. The molecule has 0 radical (unpaired) electrons. The summed E-state index contributed by atoms with van der Waals surface area (Å²) in [5, 5.41) is 2.60. The Morgan fingerprint density at radius 2 is 2.09 bits per heavy atom. The van der Waals surface area contributed by atoms with Crippen LogP contribution in [0.4, 0.5) is 8.78 Å². The van der Waals surface area contributed by atoms with Gasteiger partial charge in [0.25, 0.3) is 0 Å². The van der Waals surface area contributed by atoms with E-state index in [2.05, 4.69) is 5.32 Å². The van der Waals surface area contributed by atoms with Gasteiger partial charge < -0.3 is 10.2 Å². The second-order valence-corrected chi connectivity index (χ2v) is 5.74. The minimum Gasteiger partial charge on any atom is -0.350 e. The number of nitrogens with one attached hydrogen (secondary N) is 1. The fraction of sp³-hybridized carbons (Fsp3) is 0.500. The normalized spacial score (nSPS) is 20.5. The smallest absolute Gasteiger partial charge is 0.246 e. The summed E-state index contributed by atoms with van der Waals surface area (Å²) in [4.78, 5) is 25.8. The number of likely N-dealkylation sites (tertiary alicyclic amines) is 1. The summed E-state index contributed by atoms with van der Waals surface area (Å²) in [6, 6.07) is 3.11. The first-order valence-corrected chi connectivity index (χ1v) is 7.41. The summed E-state index contributed by atoms with van der Waals surface area (Å²) in [6.45, 7) is 4.05. The SMILES string of the molecule is CCCC(=O)N1CCC1(C)C(=O)NCc1cc(F)ccc1F. The number of rotatable bonds is 5. The summed E-state index contributed by atoms with van der Waals surface area (Å²) in [5.74, 6) is -1.52. The highest BCUT2D eigenvalue weighted by molar-refractivity contribution is 5.92. The van der Waals surface area contributed by atoms with Crippen molar-refractivity contribution in [1.82, 2.24) is 10.2 Å². The highest BCUT2D eigenvalue weighted by atomic mass is 19.1. The van der Waals surface area contributed by atoms with Gasteiger partial charge in [-0.05, 0) is 38.0 Å². The summed E-state index contributed by atoms with van der Waals surface area (Å²) < 4.78 is 26.6. The quantitative estimate of drug-likeness (QED) is 0.908. The lowest BCUT2D eigenvalue weighted by atomic mass is 9.85. The lowest BCUT2D eigenvalue weighted by molar-refractivity contribution is -0.157. The second kappa shape index (κ2) is 6.42. The monoisotopic (exact) mass is 310 g/mol. The molecule has 2 amide bonds. The largest absolute Gasteiger partial charge is 0.350 e. The van der Waals surface area contributed by atoms with Crippen LogP contribution in [-0.4, -0.2) is 28.8 Å².